The molecule has 0 bridgehead atoms. The van der Waals surface area contributed by atoms with E-state index in [1.165, 1.54) is 37.3 Å². The molecule has 1 heterocycles. The summed E-state index contributed by atoms with van der Waals surface area (Å²) in [4.78, 5) is 5.20. The van der Waals surface area contributed by atoms with E-state index in [1.54, 1.807) is 0 Å². The molecular weight excluding hydrogens is 234 g/mol. The van der Waals surface area contributed by atoms with Crippen molar-refractivity contribution in [3.05, 3.63) is 35.4 Å². The molecule has 0 radical (unpaired) electrons. The fraction of sp³-hybridized carbons (Fsp3) is 0.625. The van der Waals surface area contributed by atoms with Gasteiger partial charge in [0, 0.05) is 44.3 Å². The lowest BCUT2D eigenvalue weighted by Gasteiger charge is -2.40. The molecule has 2 N–H and O–H groups in total. The van der Waals surface area contributed by atoms with Crippen molar-refractivity contribution in [1.29, 1.82) is 0 Å². The lowest BCUT2D eigenvalue weighted by atomic mass is 10.1. The molecule has 1 aliphatic heterocycles. The number of piperazine rings is 1. The first-order valence-electron chi connectivity index (χ1n) is 7.49. The molecule has 3 rings (SSSR count). The number of nitrogens with zero attached hydrogens (tertiary/aromatic N) is 2. The van der Waals surface area contributed by atoms with Crippen molar-refractivity contribution >= 4 is 0 Å². The third-order valence-corrected chi connectivity index (χ3v) is 4.75. The van der Waals surface area contributed by atoms with Crippen LogP contribution in [0.2, 0.25) is 0 Å². The highest BCUT2D eigenvalue weighted by Gasteiger charge is 2.34. The van der Waals surface area contributed by atoms with Crippen LogP contribution in [0.25, 0.3) is 0 Å². The summed E-state index contributed by atoms with van der Waals surface area (Å²) in [6, 6.07) is 10.2. The van der Waals surface area contributed by atoms with Gasteiger partial charge in [0.15, 0.2) is 0 Å². The van der Waals surface area contributed by atoms with Crippen molar-refractivity contribution in [3.8, 4) is 0 Å². The number of nitrogens with two attached hydrogens (primary N) is 1. The zero-order valence-corrected chi connectivity index (χ0v) is 12.0. The zero-order chi connectivity index (χ0) is 13.4. The van der Waals surface area contributed by atoms with Crippen LogP contribution in [0.3, 0.4) is 0 Å². The minimum atomic E-state index is 0.226. The van der Waals surface area contributed by atoms with Crippen molar-refractivity contribution in [2.24, 2.45) is 5.73 Å². The van der Waals surface area contributed by atoms with Gasteiger partial charge in [0.1, 0.15) is 0 Å². The van der Waals surface area contributed by atoms with Crippen LogP contribution >= 0.6 is 0 Å². The average Bonchev–Trinajstić information content (AvgIpc) is 2.77. The first kappa shape index (κ1) is 13.1. The molecule has 1 saturated heterocycles. The molecule has 19 heavy (non-hydrogen) atoms. The van der Waals surface area contributed by atoms with Gasteiger partial charge in [0.2, 0.25) is 0 Å². The van der Waals surface area contributed by atoms with Crippen LogP contribution in [0, 0.1) is 0 Å². The van der Waals surface area contributed by atoms with Crippen LogP contribution in [-0.2, 0) is 0 Å². The van der Waals surface area contributed by atoms with Gasteiger partial charge in [-0.1, -0.05) is 24.3 Å². The summed E-state index contributed by atoms with van der Waals surface area (Å²) >= 11 is 0. The second-order valence-corrected chi connectivity index (χ2v) is 6.15. The summed E-state index contributed by atoms with van der Waals surface area (Å²) in [6.45, 7) is 9.29. The van der Waals surface area contributed by atoms with E-state index in [9.17, 15) is 0 Å². The maximum Gasteiger partial charge on any atom is 0.0370 e. The Morgan fingerprint density at radius 1 is 1.05 bits per heavy atom. The van der Waals surface area contributed by atoms with Gasteiger partial charge in [-0.3, -0.25) is 9.80 Å². The molecule has 1 aromatic rings. The highest BCUT2D eigenvalue weighted by Crippen LogP contribution is 2.41. The van der Waals surface area contributed by atoms with E-state index >= 15 is 0 Å². The standard InChI is InChI=1S/C16H25N3/c1-12(2)18-7-9-19(10-8-18)16-11-15(17)13-5-3-4-6-14(13)16/h3-6,12,15-16H,7-11,17H2,1-2H3. The predicted molar refractivity (Wildman–Crippen MR) is 79.0 cm³/mol. The van der Waals surface area contributed by atoms with E-state index in [1.807, 2.05) is 0 Å². The van der Waals surface area contributed by atoms with E-state index in [0.717, 1.165) is 6.42 Å². The van der Waals surface area contributed by atoms with Crippen LogP contribution in [0.15, 0.2) is 24.3 Å². The van der Waals surface area contributed by atoms with Crippen LogP contribution < -0.4 is 5.73 Å². The molecule has 2 unspecified atom stereocenters. The first-order valence-corrected chi connectivity index (χ1v) is 7.49. The number of fused-ring (bicyclic) bond motifs is 1. The minimum Gasteiger partial charge on any atom is -0.324 e. The smallest absolute Gasteiger partial charge is 0.0370 e. The quantitative estimate of drug-likeness (QED) is 0.883. The van der Waals surface area contributed by atoms with Crippen molar-refractivity contribution in [3.63, 3.8) is 0 Å². The third-order valence-electron chi connectivity index (χ3n) is 4.75. The SMILES string of the molecule is CC(C)N1CCN(C2CC(N)c3ccccc32)CC1. The predicted octanol–water partition coefficient (Wildman–Crippen LogP) is 2.16. The first-order chi connectivity index (χ1) is 9.16. The fourth-order valence-corrected chi connectivity index (χ4v) is 3.56. The van der Waals surface area contributed by atoms with E-state index < -0.39 is 0 Å². The Morgan fingerprint density at radius 3 is 2.32 bits per heavy atom. The van der Waals surface area contributed by atoms with Gasteiger partial charge in [-0.2, -0.15) is 0 Å². The van der Waals surface area contributed by atoms with E-state index in [2.05, 4.69) is 47.9 Å². The molecule has 1 fully saturated rings. The van der Waals surface area contributed by atoms with Gasteiger partial charge in [0.25, 0.3) is 0 Å². The molecule has 0 aromatic heterocycles. The van der Waals surface area contributed by atoms with Gasteiger partial charge < -0.3 is 5.73 Å². The summed E-state index contributed by atoms with van der Waals surface area (Å²) in [5, 5.41) is 0. The van der Waals surface area contributed by atoms with Crippen LogP contribution in [0.1, 0.15) is 43.5 Å². The average molecular weight is 259 g/mol. The largest absolute Gasteiger partial charge is 0.324 e. The molecule has 104 valence electrons. The van der Waals surface area contributed by atoms with Gasteiger partial charge in [-0.15, -0.1) is 0 Å². The highest BCUT2D eigenvalue weighted by atomic mass is 15.3. The summed E-state index contributed by atoms with van der Waals surface area (Å²) in [7, 11) is 0. The van der Waals surface area contributed by atoms with Crippen molar-refractivity contribution in [2.75, 3.05) is 26.2 Å². The molecule has 1 aromatic carbocycles. The molecule has 1 aliphatic carbocycles. The Bertz CT molecular complexity index is 435. The minimum absolute atomic E-state index is 0.226. The van der Waals surface area contributed by atoms with Gasteiger partial charge >= 0.3 is 0 Å². The van der Waals surface area contributed by atoms with Crippen molar-refractivity contribution < 1.29 is 0 Å². The normalized spacial score (nSPS) is 28.8. The van der Waals surface area contributed by atoms with Crippen LogP contribution in [0.5, 0.6) is 0 Å². The maximum atomic E-state index is 6.28. The molecule has 3 heteroatoms. The van der Waals surface area contributed by atoms with Gasteiger partial charge in [0.05, 0.1) is 0 Å². The summed E-state index contributed by atoms with van der Waals surface area (Å²) < 4.78 is 0. The van der Waals surface area contributed by atoms with Crippen molar-refractivity contribution in [2.45, 2.75) is 38.4 Å². The second kappa shape index (κ2) is 5.23. The van der Waals surface area contributed by atoms with Gasteiger partial charge in [-0.05, 0) is 31.4 Å². The Hall–Kier alpha value is -0.900. The number of rotatable bonds is 2. The van der Waals surface area contributed by atoms with Crippen molar-refractivity contribution in [1.82, 2.24) is 9.80 Å². The molecular formula is C16H25N3. The van der Waals surface area contributed by atoms with E-state index in [-0.39, 0.29) is 6.04 Å². The molecule has 3 nitrogen and oxygen atoms in total. The molecule has 0 amide bonds. The van der Waals surface area contributed by atoms with E-state index in [0.29, 0.717) is 12.1 Å². The maximum absolute atomic E-state index is 6.28. The lowest BCUT2D eigenvalue weighted by Crippen LogP contribution is -2.49. The topological polar surface area (TPSA) is 32.5 Å². The fourth-order valence-electron chi connectivity index (χ4n) is 3.56. The molecule has 2 atom stereocenters. The Balaban J connectivity index is 1.72. The lowest BCUT2D eigenvalue weighted by molar-refractivity contribution is 0.0766. The molecule has 0 spiro atoms. The number of hydrogen-bond donors (Lipinski definition) is 1. The Morgan fingerprint density at radius 2 is 1.68 bits per heavy atom. The Labute approximate surface area is 116 Å². The highest BCUT2D eigenvalue weighted by molar-refractivity contribution is 5.37. The number of benzene rings is 1. The van der Waals surface area contributed by atoms with Crippen LogP contribution in [0.4, 0.5) is 0 Å². The Kier molecular flexibility index (Phi) is 3.61. The zero-order valence-electron chi connectivity index (χ0n) is 12.0. The summed E-state index contributed by atoms with van der Waals surface area (Å²) in [5.41, 5.74) is 9.11. The van der Waals surface area contributed by atoms with Gasteiger partial charge in [-0.25, -0.2) is 0 Å². The van der Waals surface area contributed by atoms with Crippen LogP contribution in [-0.4, -0.2) is 42.0 Å². The third kappa shape index (κ3) is 2.42. The monoisotopic (exact) mass is 259 g/mol. The second-order valence-electron chi connectivity index (χ2n) is 6.15. The number of hydrogen-bond acceptors (Lipinski definition) is 3. The summed E-state index contributed by atoms with van der Waals surface area (Å²) in [5.74, 6) is 0. The van der Waals surface area contributed by atoms with E-state index in [4.69, 9.17) is 5.73 Å². The molecule has 2 aliphatic rings. The molecule has 0 saturated carbocycles. The summed E-state index contributed by atoms with van der Waals surface area (Å²) in [6.07, 6.45) is 1.08.